The third-order valence-corrected chi connectivity index (χ3v) is 6.30. The van der Waals surface area contributed by atoms with Gasteiger partial charge in [0.2, 0.25) is 0 Å². The topological polar surface area (TPSA) is 59.7 Å². The molecular weight excluding hydrogens is 420 g/mol. The van der Waals surface area contributed by atoms with E-state index in [2.05, 4.69) is 9.97 Å². The second kappa shape index (κ2) is 8.43. The number of pyridine rings is 1. The highest BCUT2D eigenvalue weighted by atomic mass is 32.1. The molecular formula is C25H22N4O2S. The molecule has 0 fully saturated rings. The van der Waals surface area contributed by atoms with E-state index < -0.39 is 0 Å². The molecule has 7 heteroatoms. The van der Waals surface area contributed by atoms with Crippen molar-refractivity contribution in [3.63, 3.8) is 0 Å². The molecule has 6 nitrogen and oxygen atoms in total. The van der Waals surface area contributed by atoms with Gasteiger partial charge >= 0.3 is 0 Å². The third kappa shape index (κ3) is 3.94. The lowest BCUT2D eigenvalue weighted by atomic mass is 10.1. The molecule has 0 radical (unpaired) electrons. The number of nitrogens with zero attached hydrogens (tertiary/aromatic N) is 4. The van der Waals surface area contributed by atoms with Gasteiger partial charge in [0.25, 0.3) is 5.91 Å². The molecule has 160 valence electrons. The first-order chi connectivity index (χ1) is 15.6. The summed E-state index contributed by atoms with van der Waals surface area (Å²) < 4.78 is 9.13. The second-order valence-electron chi connectivity index (χ2n) is 7.68. The normalized spacial score (nSPS) is 11.2. The lowest BCUT2D eigenvalue weighted by molar-refractivity contribution is 0.0780. The lowest BCUT2D eigenvalue weighted by Gasteiger charge is -2.18. The van der Waals surface area contributed by atoms with Crippen LogP contribution in [0.15, 0.2) is 73.1 Å². The second-order valence-corrected chi connectivity index (χ2v) is 8.79. The number of rotatable bonds is 6. The number of aromatic nitrogens is 3. The standard InChI is InChI=1S/C25H22N4O2S/c1-17-8-7-13-29-14-18(26-24(17)29)16-31-21-11-5-3-9-19(21)25(30)28(2)15-23-27-20-10-4-6-12-22(20)32-23/h3-14H,15-16H2,1-2H3. The highest BCUT2D eigenvalue weighted by Crippen LogP contribution is 2.25. The van der Waals surface area contributed by atoms with Gasteiger partial charge in [-0.2, -0.15) is 0 Å². The first kappa shape index (κ1) is 20.2. The largest absolute Gasteiger partial charge is 0.486 e. The molecule has 5 aromatic rings. The van der Waals surface area contributed by atoms with Gasteiger partial charge < -0.3 is 14.0 Å². The molecule has 0 spiro atoms. The summed E-state index contributed by atoms with van der Waals surface area (Å²) in [5, 5.41) is 0.903. The van der Waals surface area contributed by atoms with Crippen molar-refractivity contribution in [3.05, 3.63) is 94.9 Å². The quantitative estimate of drug-likeness (QED) is 0.367. The van der Waals surface area contributed by atoms with Gasteiger partial charge in [-0.3, -0.25) is 4.79 Å². The number of hydrogen-bond donors (Lipinski definition) is 0. The van der Waals surface area contributed by atoms with Gasteiger partial charge in [0.05, 0.1) is 28.0 Å². The maximum Gasteiger partial charge on any atom is 0.257 e. The van der Waals surface area contributed by atoms with Crippen molar-refractivity contribution in [2.24, 2.45) is 0 Å². The average Bonchev–Trinajstić information content (AvgIpc) is 3.41. The van der Waals surface area contributed by atoms with Gasteiger partial charge in [-0.25, -0.2) is 9.97 Å². The van der Waals surface area contributed by atoms with Crippen LogP contribution in [-0.2, 0) is 13.2 Å². The number of thiazole rings is 1. The molecule has 0 aliphatic heterocycles. The molecule has 5 rings (SSSR count). The van der Waals surface area contributed by atoms with E-state index in [-0.39, 0.29) is 12.5 Å². The van der Waals surface area contributed by atoms with Crippen LogP contribution in [0.3, 0.4) is 0 Å². The Morgan fingerprint density at radius 1 is 1.06 bits per heavy atom. The number of fused-ring (bicyclic) bond motifs is 2. The predicted molar refractivity (Wildman–Crippen MR) is 126 cm³/mol. The van der Waals surface area contributed by atoms with E-state index in [0.29, 0.717) is 17.9 Å². The van der Waals surface area contributed by atoms with Crippen molar-refractivity contribution in [1.29, 1.82) is 0 Å². The van der Waals surface area contributed by atoms with E-state index in [1.165, 1.54) is 0 Å². The van der Waals surface area contributed by atoms with E-state index in [0.717, 1.165) is 32.1 Å². The van der Waals surface area contributed by atoms with E-state index in [4.69, 9.17) is 4.74 Å². The molecule has 0 saturated heterocycles. The molecule has 2 aromatic carbocycles. The zero-order valence-corrected chi connectivity index (χ0v) is 18.7. The third-order valence-electron chi connectivity index (χ3n) is 5.28. The van der Waals surface area contributed by atoms with E-state index >= 15 is 0 Å². The number of para-hydroxylation sites is 2. The lowest BCUT2D eigenvalue weighted by Crippen LogP contribution is -2.26. The van der Waals surface area contributed by atoms with Crippen LogP contribution in [0.5, 0.6) is 5.75 Å². The number of ether oxygens (including phenoxy) is 1. The molecule has 0 atom stereocenters. The van der Waals surface area contributed by atoms with Gasteiger partial charge in [0, 0.05) is 19.4 Å². The van der Waals surface area contributed by atoms with Gasteiger partial charge in [-0.05, 0) is 42.8 Å². The molecule has 3 aromatic heterocycles. The molecule has 0 unspecified atom stereocenters. The molecule has 0 saturated carbocycles. The summed E-state index contributed by atoms with van der Waals surface area (Å²) in [7, 11) is 1.79. The van der Waals surface area contributed by atoms with Crippen LogP contribution in [0.2, 0.25) is 0 Å². The van der Waals surface area contributed by atoms with Crippen molar-refractivity contribution >= 4 is 33.1 Å². The minimum atomic E-state index is -0.106. The Balaban J connectivity index is 1.32. The number of hydrogen-bond acceptors (Lipinski definition) is 5. The van der Waals surface area contributed by atoms with Gasteiger partial charge in [-0.15, -0.1) is 11.3 Å². The van der Waals surface area contributed by atoms with Crippen molar-refractivity contribution < 1.29 is 9.53 Å². The minimum absolute atomic E-state index is 0.106. The number of amides is 1. The first-order valence-corrected chi connectivity index (χ1v) is 11.1. The average molecular weight is 443 g/mol. The smallest absolute Gasteiger partial charge is 0.257 e. The summed E-state index contributed by atoms with van der Waals surface area (Å²) in [6.07, 6.45) is 3.92. The van der Waals surface area contributed by atoms with Crippen molar-refractivity contribution in [2.45, 2.75) is 20.1 Å². The maximum absolute atomic E-state index is 13.2. The molecule has 0 bridgehead atoms. The molecule has 3 heterocycles. The summed E-state index contributed by atoms with van der Waals surface area (Å²) in [6.45, 7) is 2.76. The Morgan fingerprint density at radius 3 is 2.72 bits per heavy atom. The number of benzene rings is 2. The summed E-state index contributed by atoms with van der Waals surface area (Å²) in [6, 6.07) is 19.3. The fourth-order valence-corrected chi connectivity index (χ4v) is 4.68. The van der Waals surface area contributed by atoms with Gasteiger partial charge in [0.1, 0.15) is 23.0 Å². The Hall–Kier alpha value is -3.71. The highest BCUT2D eigenvalue weighted by Gasteiger charge is 2.18. The molecule has 1 amide bonds. The van der Waals surface area contributed by atoms with Crippen LogP contribution in [0.1, 0.15) is 26.6 Å². The summed E-state index contributed by atoms with van der Waals surface area (Å²) in [5.41, 5.74) is 4.30. The van der Waals surface area contributed by atoms with Crippen LogP contribution < -0.4 is 4.74 Å². The predicted octanol–water partition coefficient (Wildman–Crippen LogP) is 5.10. The van der Waals surface area contributed by atoms with E-state index in [1.54, 1.807) is 29.4 Å². The number of carbonyl (C=O) groups is 1. The molecule has 32 heavy (non-hydrogen) atoms. The number of aryl methyl sites for hydroxylation is 1. The SMILES string of the molecule is Cc1cccn2cc(COc3ccccc3C(=O)N(C)Cc3nc4ccccc4s3)nc12. The van der Waals surface area contributed by atoms with Crippen molar-refractivity contribution in [3.8, 4) is 5.75 Å². The fraction of sp³-hybridized carbons (Fsp3) is 0.160. The first-order valence-electron chi connectivity index (χ1n) is 10.3. The fourth-order valence-electron chi connectivity index (χ4n) is 3.66. The summed E-state index contributed by atoms with van der Waals surface area (Å²) in [4.78, 5) is 24.1. The Bertz CT molecular complexity index is 1390. The van der Waals surface area contributed by atoms with Crippen LogP contribution in [0.4, 0.5) is 0 Å². The van der Waals surface area contributed by atoms with Crippen molar-refractivity contribution in [2.75, 3.05) is 7.05 Å². The zero-order chi connectivity index (χ0) is 22.1. The zero-order valence-electron chi connectivity index (χ0n) is 17.9. The molecule has 0 aliphatic carbocycles. The Labute approximate surface area is 189 Å². The van der Waals surface area contributed by atoms with Gasteiger partial charge in [0.15, 0.2) is 0 Å². The molecule has 0 aliphatic rings. The highest BCUT2D eigenvalue weighted by molar-refractivity contribution is 7.18. The van der Waals surface area contributed by atoms with Crippen LogP contribution in [0, 0.1) is 6.92 Å². The summed E-state index contributed by atoms with van der Waals surface area (Å²) >= 11 is 1.61. The number of carbonyl (C=O) groups excluding carboxylic acids is 1. The van der Waals surface area contributed by atoms with E-state index in [1.807, 2.05) is 78.3 Å². The maximum atomic E-state index is 13.2. The Morgan fingerprint density at radius 2 is 1.88 bits per heavy atom. The summed E-state index contributed by atoms with van der Waals surface area (Å²) in [5.74, 6) is 0.438. The van der Waals surface area contributed by atoms with Crippen LogP contribution in [0.25, 0.3) is 15.9 Å². The minimum Gasteiger partial charge on any atom is -0.486 e. The monoisotopic (exact) mass is 442 g/mol. The van der Waals surface area contributed by atoms with E-state index in [9.17, 15) is 4.79 Å². The van der Waals surface area contributed by atoms with Crippen LogP contribution in [-0.4, -0.2) is 32.2 Å². The van der Waals surface area contributed by atoms with Gasteiger partial charge in [-0.1, -0.05) is 30.3 Å². The Kier molecular flexibility index (Phi) is 5.33. The van der Waals surface area contributed by atoms with Crippen LogP contribution >= 0.6 is 11.3 Å². The molecule has 0 N–H and O–H groups in total. The number of imidazole rings is 1. The van der Waals surface area contributed by atoms with Crippen molar-refractivity contribution in [1.82, 2.24) is 19.3 Å².